The highest BCUT2D eigenvalue weighted by atomic mass is 35.5. The van der Waals surface area contributed by atoms with Crippen molar-refractivity contribution in [3.63, 3.8) is 0 Å². The van der Waals surface area contributed by atoms with E-state index < -0.39 is 16.6 Å². The summed E-state index contributed by atoms with van der Waals surface area (Å²) in [4.78, 5) is 20.9. The van der Waals surface area contributed by atoms with Gasteiger partial charge in [0.15, 0.2) is 5.56 Å². The minimum atomic E-state index is -0.910. The van der Waals surface area contributed by atoms with Gasteiger partial charge in [-0.25, -0.2) is 4.79 Å². The first-order valence-electron chi connectivity index (χ1n) is 4.55. The number of ether oxygens (including phenoxy) is 2. The van der Waals surface area contributed by atoms with Crippen LogP contribution in [0.3, 0.4) is 0 Å². The zero-order chi connectivity index (χ0) is 12.1. The lowest BCUT2D eigenvalue weighted by Crippen LogP contribution is -2.13. The van der Waals surface area contributed by atoms with Crippen LogP contribution >= 0.6 is 11.6 Å². The van der Waals surface area contributed by atoms with E-state index in [2.05, 4.69) is 4.74 Å². The van der Waals surface area contributed by atoms with Gasteiger partial charge in [-0.2, -0.15) is 0 Å². The number of rotatable bonds is 3. The Hall–Kier alpha value is -1.56. The van der Waals surface area contributed by atoms with E-state index in [0.29, 0.717) is 12.2 Å². The summed E-state index contributed by atoms with van der Waals surface area (Å²) < 4.78 is 9.31. The summed E-state index contributed by atoms with van der Waals surface area (Å²) >= 11 is 5.41. The van der Waals surface area contributed by atoms with Gasteiger partial charge in [0.25, 0.3) is 0 Å². The number of halogens is 1. The van der Waals surface area contributed by atoms with Crippen LogP contribution in [0.1, 0.15) is 19.8 Å². The van der Waals surface area contributed by atoms with Gasteiger partial charge in [-0.05, 0) is 13.0 Å². The van der Waals surface area contributed by atoms with E-state index in [0.717, 1.165) is 0 Å². The number of carbonyl (C=O) groups excluding carboxylic acids is 1. The molecular weight excluding hydrogens is 238 g/mol. The molecule has 0 bridgehead atoms. The van der Waals surface area contributed by atoms with Crippen molar-refractivity contribution in [1.82, 2.24) is 0 Å². The monoisotopic (exact) mass is 247 g/mol. The average molecular weight is 248 g/mol. The highest BCUT2D eigenvalue weighted by Gasteiger charge is 2.18. The van der Waals surface area contributed by atoms with E-state index >= 15 is 0 Å². The highest BCUT2D eigenvalue weighted by molar-refractivity contribution is 6.19. The van der Waals surface area contributed by atoms with Crippen molar-refractivity contribution in [3.05, 3.63) is 33.7 Å². The molecule has 0 N–H and O–H groups in total. The molecule has 0 aromatic rings. The molecule has 1 aliphatic rings. The number of nitrogens with zero attached hydrogens (tertiary/aromatic N) is 1. The Morgan fingerprint density at radius 1 is 1.56 bits per heavy atom. The normalized spacial score (nSPS) is 16.9. The van der Waals surface area contributed by atoms with Crippen LogP contribution in [0.4, 0.5) is 4.79 Å². The van der Waals surface area contributed by atoms with Crippen molar-refractivity contribution in [2.75, 3.05) is 0 Å². The smallest absolute Gasteiger partial charge is 0.415 e. The van der Waals surface area contributed by atoms with Gasteiger partial charge >= 0.3 is 6.16 Å². The summed E-state index contributed by atoms with van der Waals surface area (Å²) in [7, 11) is 0. The molecule has 1 atom stereocenters. The molecule has 0 aromatic carbocycles. The Bertz CT molecular complexity index is 361. The lowest BCUT2D eigenvalue weighted by atomic mass is 10.1. The Balaban J connectivity index is 2.52. The van der Waals surface area contributed by atoms with Crippen LogP contribution in [0.15, 0.2) is 23.6 Å². The van der Waals surface area contributed by atoms with Gasteiger partial charge in [-0.3, -0.25) is 10.1 Å². The largest absolute Gasteiger partial charge is 0.515 e. The molecule has 0 radical (unpaired) electrons. The first kappa shape index (κ1) is 12.5. The molecule has 1 rings (SSSR count). The lowest BCUT2D eigenvalue weighted by molar-refractivity contribution is -0.428. The van der Waals surface area contributed by atoms with E-state index in [1.54, 1.807) is 0 Å². The summed E-state index contributed by atoms with van der Waals surface area (Å²) in [5.74, 6) is 0.327. The molecule has 6 nitrogen and oxygen atoms in total. The minimum Gasteiger partial charge on any atom is -0.415 e. The molecule has 0 fully saturated rings. The number of hydrogen-bond acceptors (Lipinski definition) is 5. The Labute approximate surface area is 96.6 Å². The predicted molar refractivity (Wildman–Crippen MR) is 55.3 cm³/mol. The van der Waals surface area contributed by atoms with Crippen LogP contribution in [0.5, 0.6) is 0 Å². The third-order valence-corrected chi connectivity index (χ3v) is 1.89. The number of carbonyl (C=O) groups is 1. The molecule has 0 saturated carbocycles. The Kier molecular flexibility index (Phi) is 4.30. The predicted octanol–water partition coefficient (Wildman–Crippen LogP) is 2.56. The van der Waals surface area contributed by atoms with Crippen LogP contribution < -0.4 is 0 Å². The quantitative estimate of drug-likeness (QED) is 0.331. The van der Waals surface area contributed by atoms with Crippen LogP contribution in [0, 0.1) is 10.1 Å². The third kappa shape index (κ3) is 3.90. The van der Waals surface area contributed by atoms with Crippen LogP contribution in [0.25, 0.3) is 0 Å². The zero-order valence-electron chi connectivity index (χ0n) is 8.51. The van der Waals surface area contributed by atoms with Crippen molar-refractivity contribution < 1.29 is 19.2 Å². The minimum absolute atomic E-state index is 0.0893. The number of allylic oxidation sites excluding steroid dienone is 4. The molecule has 0 aliphatic heterocycles. The molecule has 0 spiro atoms. The van der Waals surface area contributed by atoms with Gasteiger partial charge in [0.2, 0.25) is 5.70 Å². The van der Waals surface area contributed by atoms with Crippen molar-refractivity contribution in [2.24, 2.45) is 0 Å². The van der Waals surface area contributed by atoms with Crippen molar-refractivity contribution in [3.8, 4) is 0 Å². The van der Waals surface area contributed by atoms with Crippen molar-refractivity contribution in [2.45, 2.75) is 25.3 Å². The summed E-state index contributed by atoms with van der Waals surface area (Å²) in [6.07, 6.45) is 2.28. The third-order valence-electron chi connectivity index (χ3n) is 1.80. The fourth-order valence-electron chi connectivity index (χ4n) is 1.11. The van der Waals surface area contributed by atoms with Gasteiger partial charge in [0, 0.05) is 18.9 Å². The zero-order valence-corrected chi connectivity index (χ0v) is 9.27. The van der Waals surface area contributed by atoms with E-state index in [-0.39, 0.29) is 12.1 Å². The van der Waals surface area contributed by atoms with Gasteiger partial charge < -0.3 is 9.47 Å². The molecule has 7 heteroatoms. The molecular formula is C9H10ClNO5. The Morgan fingerprint density at radius 3 is 2.69 bits per heavy atom. The maximum atomic E-state index is 11.0. The lowest BCUT2D eigenvalue weighted by Gasteiger charge is -2.11. The van der Waals surface area contributed by atoms with E-state index in [1.165, 1.54) is 19.1 Å². The van der Waals surface area contributed by atoms with E-state index in [1.807, 2.05) is 0 Å². The van der Waals surface area contributed by atoms with E-state index in [9.17, 15) is 14.9 Å². The van der Waals surface area contributed by atoms with Gasteiger partial charge in [-0.1, -0.05) is 11.6 Å². The summed E-state index contributed by atoms with van der Waals surface area (Å²) in [6.45, 7) is 1.48. The summed E-state index contributed by atoms with van der Waals surface area (Å²) in [5.41, 5.74) is -0.687. The molecule has 1 unspecified atom stereocenters. The van der Waals surface area contributed by atoms with Crippen LogP contribution in [0.2, 0.25) is 0 Å². The molecule has 0 aromatic heterocycles. The second-order valence-corrected chi connectivity index (χ2v) is 3.68. The average Bonchev–Trinajstić information content (AvgIpc) is 2.16. The van der Waals surface area contributed by atoms with Gasteiger partial charge in [-0.15, -0.1) is 0 Å². The molecule has 16 heavy (non-hydrogen) atoms. The van der Waals surface area contributed by atoms with Gasteiger partial charge in [0.05, 0.1) is 4.92 Å². The molecule has 88 valence electrons. The fourth-order valence-corrected chi connectivity index (χ4v) is 1.18. The molecule has 0 amide bonds. The topological polar surface area (TPSA) is 78.7 Å². The first-order chi connectivity index (χ1) is 7.49. The first-order valence-corrected chi connectivity index (χ1v) is 4.99. The molecule has 0 heterocycles. The highest BCUT2D eigenvalue weighted by Crippen LogP contribution is 2.20. The fraction of sp³-hybridized carbons (Fsp3) is 0.444. The van der Waals surface area contributed by atoms with Crippen molar-refractivity contribution in [1.29, 1.82) is 0 Å². The van der Waals surface area contributed by atoms with E-state index in [4.69, 9.17) is 16.3 Å². The SMILES string of the molecule is CC(Cl)OC(=O)OC1=CC=C([N+](=O)[O-])CC1. The second-order valence-electron chi connectivity index (χ2n) is 3.06. The van der Waals surface area contributed by atoms with Crippen LogP contribution in [-0.2, 0) is 9.47 Å². The summed E-state index contributed by atoms with van der Waals surface area (Å²) in [6, 6.07) is 0. The maximum absolute atomic E-state index is 11.0. The van der Waals surface area contributed by atoms with Crippen LogP contribution in [-0.4, -0.2) is 16.6 Å². The molecule has 0 saturated heterocycles. The number of nitro groups is 1. The van der Waals surface area contributed by atoms with Crippen molar-refractivity contribution >= 4 is 17.8 Å². The number of alkyl halides is 1. The Morgan fingerprint density at radius 2 is 2.25 bits per heavy atom. The van der Waals surface area contributed by atoms with Gasteiger partial charge in [0.1, 0.15) is 5.76 Å². The molecule has 1 aliphatic carbocycles. The number of hydrogen-bond donors (Lipinski definition) is 0. The summed E-state index contributed by atoms with van der Waals surface area (Å²) in [5, 5.41) is 10.4. The second kappa shape index (κ2) is 5.50. The maximum Gasteiger partial charge on any atom is 0.515 e. The standard InChI is InChI=1S/C9H10ClNO5/c1-6(10)15-9(12)16-8-4-2-7(3-5-8)11(13)14/h2,4,6H,3,5H2,1H3.